The molecule has 1 aliphatic carbocycles. The standard InChI is InChI=1S/C29H32F3N5O3/c30-29(31,32)23-6-12-33-24(15-23)18-40-19-26(38)37-13-7-21(17-37)14-20-4-8-28(39,9-5-20)25-3-2-22(16-36-25)27-34-10-1-11-35-27/h1-3,6,10-12,15-16,20-21,39H,4-5,7-9,13-14,17-19H2. The van der Waals surface area contributed by atoms with Gasteiger partial charge in [-0.2, -0.15) is 13.2 Å². The normalized spacial score (nSPS) is 23.4. The van der Waals surface area contributed by atoms with E-state index in [0.29, 0.717) is 49.3 Å². The third-order valence-corrected chi connectivity index (χ3v) is 7.92. The number of hydrogen-bond donors (Lipinski definition) is 1. The van der Waals surface area contributed by atoms with E-state index < -0.39 is 17.3 Å². The molecule has 1 saturated carbocycles. The second kappa shape index (κ2) is 12.0. The maximum atomic E-state index is 12.9. The van der Waals surface area contributed by atoms with Crippen molar-refractivity contribution in [2.24, 2.45) is 11.8 Å². The van der Waals surface area contributed by atoms with Crippen LogP contribution in [0.25, 0.3) is 11.4 Å². The highest BCUT2D eigenvalue weighted by Crippen LogP contribution is 2.42. The number of rotatable bonds is 8. The van der Waals surface area contributed by atoms with Crippen molar-refractivity contribution < 1.29 is 27.8 Å². The van der Waals surface area contributed by atoms with Crippen molar-refractivity contribution >= 4 is 5.91 Å². The second-order valence-electron chi connectivity index (χ2n) is 10.7. The van der Waals surface area contributed by atoms with Crippen molar-refractivity contribution in [3.8, 4) is 11.4 Å². The fourth-order valence-electron chi connectivity index (χ4n) is 5.69. The average molecular weight is 556 g/mol. The molecule has 0 radical (unpaired) electrons. The molecule has 1 amide bonds. The number of pyridine rings is 2. The first-order chi connectivity index (χ1) is 19.2. The van der Waals surface area contributed by atoms with E-state index in [2.05, 4.69) is 19.9 Å². The van der Waals surface area contributed by atoms with Gasteiger partial charge in [0.2, 0.25) is 5.91 Å². The van der Waals surface area contributed by atoms with E-state index in [9.17, 15) is 23.1 Å². The van der Waals surface area contributed by atoms with Crippen molar-refractivity contribution in [1.82, 2.24) is 24.8 Å². The van der Waals surface area contributed by atoms with Gasteiger partial charge in [-0.25, -0.2) is 9.97 Å². The SMILES string of the molecule is O=C(COCc1cc(C(F)(F)F)ccn1)N1CCC(CC2CCC(O)(c3ccc(-c4ncccn4)cn3)CC2)C1. The van der Waals surface area contributed by atoms with Gasteiger partial charge in [-0.05, 0) is 80.7 Å². The van der Waals surface area contributed by atoms with E-state index in [1.54, 1.807) is 29.6 Å². The Morgan fingerprint density at radius 1 is 1.02 bits per heavy atom. The molecule has 0 aromatic carbocycles. The predicted molar refractivity (Wildman–Crippen MR) is 139 cm³/mol. The van der Waals surface area contributed by atoms with E-state index in [4.69, 9.17) is 4.74 Å². The Balaban J connectivity index is 1.05. The zero-order chi connectivity index (χ0) is 28.2. The van der Waals surface area contributed by atoms with Crippen LogP contribution < -0.4 is 0 Å². The van der Waals surface area contributed by atoms with Crippen LogP contribution in [-0.4, -0.2) is 55.5 Å². The zero-order valence-electron chi connectivity index (χ0n) is 22.1. The van der Waals surface area contributed by atoms with Crippen LogP contribution in [0.4, 0.5) is 13.2 Å². The molecule has 212 valence electrons. The first-order valence-electron chi connectivity index (χ1n) is 13.5. The lowest BCUT2D eigenvalue weighted by atomic mass is 9.74. The Kier molecular flexibility index (Phi) is 8.41. The van der Waals surface area contributed by atoms with Gasteiger partial charge in [-0.1, -0.05) is 0 Å². The maximum Gasteiger partial charge on any atom is 0.416 e. The molecule has 0 spiro atoms. The number of ether oxygens (including phenoxy) is 1. The van der Waals surface area contributed by atoms with Crippen molar-refractivity contribution in [2.45, 2.75) is 56.9 Å². The Hall–Kier alpha value is -3.44. The van der Waals surface area contributed by atoms with E-state index in [0.717, 1.165) is 49.6 Å². The van der Waals surface area contributed by atoms with Crippen molar-refractivity contribution in [3.63, 3.8) is 0 Å². The lowest BCUT2D eigenvalue weighted by molar-refractivity contribution is -0.138. The number of alkyl halides is 3. The summed E-state index contributed by atoms with van der Waals surface area (Å²) >= 11 is 0. The molecule has 4 heterocycles. The minimum Gasteiger partial charge on any atom is -0.384 e. The van der Waals surface area contributed by atoms with Crippen LogP contribution in [-0.2, 0) is 27.9 Å². The molecule has 1 N–H and O–H groups in total. The molecule has 8 nitrogen and oxygen atoms in total. The summed E-state index contributed by atoms with van der Waals surface area (Å²) in [6.45, 7) is 0.945. The number of halogens is 3. The second-order valence-corrected chi connectivity index (χ2v) is 10.7. The van der Waals surface area contributed by atoms with Crippen LogP contribution in [0.1, 0.15) is 55.5 Å². The highest BCUT2D eigenvalue weighted by atomic mass is 19.4. The van der Waals surface area contributed by atoms with Gasteiger partial charge >= 0.3 is 6.18 Å². The highest BCUT2D eigenvalue weighted by Gasteiger charge is 2.37. The van der Waals surface area contributed by atoms with E-state index in [1.807, 2.05) is 12.1 Å². The summed E-state index contributed by atoms with van der Waals surface area (Å²) in [7, 11) is 0. The summed E-state index contributed by atoms with van der Waals surface area (Å²) in [4.78, 5) is 31.3. The van der Waals surface area contributed by atoms with Crippen molar-refractivity contribution in [1.29, 1.82) is 0 Å². The fourth-order valence-corrected chi connectivity index (χ4v) is 5.69. The molecule has 3 aromatic rings. The number of aromatic nitrogens is 4. The van der Waals surface area contributed by atoms with Crippen molar-refractivity contribution in [2.75, 3.05) is 19.7 Å². The molecule has 11 heteroatoms. The summed E-state index contributed by atoms with van der Waals surface area (Å²) in [6.07, 6.45) is 6.67. The molecule has 2 aliphatic rings. The van der Waals surface area contributed by atoms with Gasteiger partial charge < -0.3 is 14.7 Å². The molecular weight excluding hydrogens is 523 g/mol. The molecule has 1 unspecified atom stereocenters. The third kappa shape index (κ3) is 6.82. The highest BCUT2D eigenvalue weighted by molar-refractivity contribution is 5.77. The van der Waals surface area contributed by atoms with Gasteiger partial charge in [0.05, 0.1) is 23.6 Å². The minimum atomic E-state index is -4.45. The van der Waals surface area contributed by atoms with Gasteiger partial charge in [0.15, 0.2) is 5.82 Å². The summed E-state index contributed by atoms with van der Waals surface area (Å²) in [6, 6.07) is 7.35. The van der Waals surface area contributed by atoms with E-state index >= 15 is 0 Å². The topological polar surface area (TPSA) is 101 Å². The first-order valence-corrected chi connectivity index (χ1v) is 13.5. The van der Waals surface area contributed by atoms with Crippen LogP contribution in [0.3, 0.4) is 0 Å². The number of aliphatic hydroxyl groups is 1. The molecule has 1 saturated heterocycles. The summed E-state index contributed by atoms with van der Waals surface area (Å²) in [5, 5.41) is 11.3. The van der Waals surface area contributed by atoms with Gasteiger partial charge in [-0.15, -0.1) is 0 Å². The van der Waals surface area contributed by atoms with Gasteiger partial charge in [-0.3, -0.25) is 14.8 Å². The Bertz CT molecular complexity index is 1280. The van der Waals surface area contributed by atoms with Gasteiger partial charge in [0, 0.05) is 43.4 Å². The number of nitrogens with zero attached hydrogens (tertiary/aromatic N) is 5. The number of hydrogen-bond acceptors (Lipinski definition) is 7. The molecule has 3 aromatic heterocycles. The van der Waals surface area contributed by atoms with Gasteiger partial charge in [0.1, 0.15) is 12.2 Å². The lowest BCUT2D eigenvalue weighted by Gasteiger charge is -2.36. The van der Waals surface area contributed by atoms with Crippen LogP contribution in [0.5, 0.6) is 0 Å². The van der Waals surface area contributed by atoms with Crippen LogP contribution in [0.15, 0.2) is 55.1 Å². The van der Waals surface area contributed by atoms with Gasteiger partial charge in [0.25, 0.3) is 0 Å². The molecule has 5 rings (SSSR count). The Morgan fingerprint density at radius 2 is 1.80 bits per heavy atom. The summed E-state index contributed by atoms with van der Waals surface area (Å²) in [5.41, 5.74) is -0.127. The monoisotopic (exact) mass is 555 g/mol. The lowest BCUT2D eigenvalue weighted by Crippen LogP contribution is -2.34. The molecular formula is C29H32F3N5O3. The van der Waals surface area contributed by atoms with Crippen molar-refractivity contribution in [3.05, 3.63) is 72.1 Å². The Labute approximate surface area is 230 Å². The number of amides is 1. The molecule has 1 atom stereocenters. The zero-order valence-corrected chi connectivity index (χ0v) is 22.1. The predicted octanol–water partition coefficient (Wildman–Crippen LogP) is 4.79. The number of carbonyl (C=O) groups excluding carboxylic acids is 1. The smallest absolute Gasteiger partial charge is 0.384 e. The first kappa shape index (κ1) is 28.1. The van der Waals surface area contributed by atoms with Crippen LogP contribution in [0.2, 0.25) is 0 Å². The quantitative estimate of drug-likeness (QED) is 0.427. The fraction of sp³-hybridized carbons (Fsp3) is 0.483. The van der Waals surface area contributed by atoms with E-state index in [1.165, 1.54) is 0 Å². The largest absolute Gasteiger partial charge is 0.416 e. The van der Waals surface area contributed by atoms with Crippen LogP contribution >= 0.6 is 0 Å². The molecule has 1 aliphatic heterocycles. The molecule has 0 bridgehead atoms. The molecule has 40 heavy (non-hydrogen) atoms. The van der Waals surface area contributed by atoms with Crippen LogP contribution in [0, 0.1) is 11.8 Å². The Morgan fingerprint density at radius 3 is 2.50 bits per heavy atom. The summed E-state index contributed by atoms with van der Waals surface area (Å²) < 4.78 is 44.0. The minimum absolute atomic E-state index is 0.135. The maximum absolute atomic E-state index is 12.9. The van der Waals surface area contributed by atoms with E-state index in [-0.39, 0.29) is 24.8 Å². The average Bonchev–Trinajstić information content (AvgIpc) is 3.43. The molecule has 2 fully saturated rings. The third-order valence-electron chi connectivity index (χ3n) is 7.92. The summed E-state index contributed by atoms with van der Waals surface area (Å²) in [5.74, 6) is 1.29. The number of likely N-dealkylation sites (tertiary alicyclic amines) is 1. The number of carbonyl (C=O) groups is 1.